The van der Waals surface area contributed by atoms with E-state index in [1.807, 2.05) is 0 Å². The molecule has 0 amide bonds. The van der Waals surface area contributed by atoms with Crippen molar-refractivity contribution < 1.29 is 4.74 Å². The summed E-state index contributed by atoms with van der Waals surface area (Å²) in [4.78, 5) is 0. The van der Waals surface area contributed by atoms with E-state index in [2.05, 4.69) is 19.2 Å². The van der Waals surface area contributed by atoms with E-state index in [9.17, 15) is 0 Å². The van der Waals surface area contributed by atoms with Crippen LogP contribution in [0.2, 0.25) is 0 Å². The van der Waals surface area contributed by atoms with Gasteiger partial charge in [0.05, 0.1) is 0 Å². The molecule has 0 aromatic heterocycles. The molecule has 1 aliphatic rings. The topological polar surface area (TPSA) is 47.3 Å². The van der Waals surface area contributed by atoms with Crippen LogP contribution in [0.15, 0.2) is 0 Å². The van der Waals surface area contributed by atoms with Crippen LogP contribution in [0.4, 0.5) is 0 Å². The van der Waals surface area contributed by atoms with Crippen molar-refractivity contribution in [2.75, 3.05) is 26.8 Å². The second-order valence-electron chi connectivity index (χ2n) is 6.08. The Morgan fingerprint density at radius 3 is 2.50 bits per heavy atom. The van der Waals surface area contributed by atoms with Gasteiger partial charge < -0.3 is 15.8 Å². The predicted molar refractivity (Wildman–Crippen MR) is 68.5 cm³/mol. The summed E-state index contributed by atoms with van der Waals surface area (Å²) in [5.41, 5.74) is 6.66. The summed E-state index contributed by atoms with van der Waals surface area (Å²) in [7, 11) is 1.76. The molecule has 0 aromatic rings. The minimum absolute atomic E-state index is 0.0668. The fraction of sp³-hybridized carbons (Fsp3) is 1.00. The Morgan fingerprint density at radius 2 is 1.94 bits per heavy atom. The van der Waals surface area contributed by atoms with Crippen LogP contribution in [0, 0.1) is 5.41 Å². The number of hydrogen-bond acceptors (Lipinski definition) is 3. The highest BCUT2D eigenvalue weighted by molar-refractivity contribution is 4.91. The summed E-state index contributed by atoms with van der Waals surface area (Å²) in [6.45, 7) is 7.37. The van der Waals surface area contributed by atoms with Gasteiger partial charge in [0, 0.05) is 32.3 Å². The first-order valence-electron chi connectivity index (χ1n) is 6.46. The molecule has 0 heterocycles. The Hall–Kier alpha value is -0.120. The van der Waals surface area contributed by atoms with Crippen molar-refractivity contribution in [3.63, 3.8) is 0 Å². The highest BCUT2D eigenvalue weighted by Gasteiger charge is 2.29. The SMILES string of the molecule is COCCC(C)(C)CNCC1(N)CCCC1. The molecular weight excluding hydrogens is 200 g/mol. The first kappa shape index (κ1) is 13.9. The van der Waals surface area contributed by atoms with Crippen molar-refractivity contribution in [1.82, 2.24) is 5.32 Å². The van der Waals surface area contributed by atoms with E-state index in [0.717, 1.165) is 26.1 Å². The second kappa shape index (κ2) is 5.99. The largest absolute Gasteiger partial charge is 0.385 e. The molecule has 3 N–H and O–H groups in total. The Balaban J connectivity index is 2.18. The lowest BCUT2D eigenvalue weighted by Gasteiger charge is -2.29. The zero-order chi connectivity index (χ0) is 12.1. The van der Waals surface area contributed by atoms with Crippen molar-refractivity contribution in [3.8, 4) is 0 Å². The molecule has 1 aliphatic carbocycles. The van der Waals surface area contributed by atoms with E-state index < -0.39 is 0 Å². The number of ether oxygens (including phenoxy) is 1. The normalized spacial score (nSPS) is 20.2. The summed E-state index contributed by atoms with van der Waals surface area (Å²) < 4.78 is 5.12. The third-order valence-corrected chi connectivity index (χ3v) is 3.66. The molecule has 96 valence electrons. The number of nitrogens with one attached hydrogen (secondary N) is 1. The van der Waals surface area contributed by atoms with Crippen LogP contribution in [-0.4, -0.2) is 32.3 Å². The van der Waals surface area contributed by atoms with Gasteiger partial charge in [-0.2, -0.15) is 0 Å². The van der Waals surface area contributed by atoms with E-state index in [1.165, 1.54) is 25.7 Å². The monoisotopic (exact) mass is 228 g/mol. The molecule has 1 fully saturated rings. The highest BCUT2D eigenvalue weighted by atomic mass is 16.5. The maximum absolute atomic E-state index is 6.30. The van der Waals surface area contributed by atoms with E-state index in [4.69, 9.17) is 10.5 Å². The van der Waals surface area contributed by atoms with Crippen molar-refractivity contribution in [1.29, 1.82) is 0 Å². The van der Waals surface area contributed by atoms with Crippen LogP contribution in [0.1, 0.15) is 46.0 Å². The summed E-state index contributed by atoms with van der Waals surface area (Å²) in [5.74, 6) is 0. The van der Waals surface area contributed by atoms with Crippen molar-refractivity contribution >= 4 is 0 Å². The van der Waals surface area contributed by atoms with Gasteiger partial charge >= 0.3 is 0 Å². The lowest BCUT2D eigenvalue weighted by molar-refractivity contribution is 0.149. The van der Waals surface area contributed by atoms with Gasteiger partial charge in [-0.1, -0.05) is 26.7 Å². The summed E-state index contributed by atoms with van der Waals surface area (Å²) >= 11 is 0. The lowest BCUT2D eigenvalue weighted by atomic mass is 9.89. The van der Waals surface area contributed by atoms with E-state index in [1.54, 1.807) is 7.11 Å². The van der Waals surface area contributed by atoms with Crippen molar-refractivity contribution in [2.45, 2.75) is 51.5 Å². The van der Waals surface area contributed by atoms with Gasteiger partial charge in [-0.3, -0.25) is 0 Å². The van der Waals surface area contributed by atoms with Crippen molar-refractivity contribution in [3.05, 3.63) is 0 Å². The van der Waals surface area contributed by atoms with Gasteiger partial charge in [0.2, 0.25) is 0 Å². The van der Waals surface area contributed by atoms with E-state index in [0.29, 0.717) is 5.41 Å². The molecule has 0 aliphatic heterocycles. The highest BCUT2D eigenvalue weighted by Crippen LogP contribution is 2.27. The van der Waals surface area contributed by atoms with E-state index in [-0.39, 0.29) is 5.54 Å². The molecule has 0 spiro atoms. The summed E-state index contributed by atoms with van der Waals surface area (Å²) in [6, 6.07) is 0. The molecule has 3 heteroatoms. The number of rotatable bonds is 7. The number of nitrogens with two attached hydrogens (primary N) is 1. The summed E-state index contributed by atoms with van der Waals surface area (Å²) in [6.07, 6.45) is 6.04. The molecule has 0 saturated heterocycles. The smallest absolute Gasteiger partial charge is 0.0467 e. The average molecular weight is 228 g/mol. The number of methoxy groups -OCH3 is 1. The Morgan fingerprint density at radius 1 is 1.31 bits per heavy atom. The molecule has 0 bridgehead atoms. The molecule has 0 radical (unpaired) electrons. The molecule has 1 rings (SSSR count). The fourth-order valence-electron chi connectivity index (χ4n) is 2.37. The Bertz CT molecular complexity index is 198. The quantitative estimate of drug-likeness (QED) is 0.700. The molecule has 16 heavy (non-hydrogen) atoms. The van der Waals surface area contributed by atoms with Gasteiger partial charge in [-0.25, -0.2) is 0 Å². The second-order valence-corrected chi connectivity index (χ2v) is 6.08. The van der Waals surface area contributed by atoms with Gasteiger partial charge in [0.25, 0.3) is 0 Å². The van der Waals surface area contributed by atoms with Gasteiger partial charge in [0.1, 0.15) is 0 Å². The van der Waals surface area contributed by atoms with E-state index >= 15 is 0 Å². The van der Waals surface area contributed by atoms with Crippen LogP contribution in [0.3, 0.4) is 0 Å². The van der Waals surface area contributed by atoms with Crippen LogP contribution in [0.5, 0.6) is 0 Å². The van der Waals surface area contributed by atoms with Crippen LogP contribution in [0.25, 0.3) is 0 Å². The van der Waals surface area contributed by atoms with Gasteiger partial charge in [-0.15, -0.1) is 0 Å². The van der Waals surface area contributed by atoms with Gasteiger partial charge in [-0.05, 0) is 24.7 Å². The maximum atomic E-state index is 6.30. The van der Waals surface area contributed by atoms with Crippen LogP contribution in [-0.2, 0) is 4.74 Å². The molecule has 1 saturated carbocycles. The zero-order valence-corrected chi connectivity index (χ0v) is 11.1. The predicted octanol–water partition coefficient (Wildman–Crippen LogP) is 1.91. The minimum atomic E-state index is 0.0668. The molecule has 3 nitrogen and oxygen atoms in total. The Labute approximate surface area is 100 Å². The Kier molecular flexibility index (Phi) is 5.22. The first-order valence-corrected chi connectivity index (χ1v) is 6.46. The first-order chi connectivity index (χ1) is 7.47. The molecule has 0 atom stereocenters. The minimum Gasteiger partial charge on any atom is -0.385 e. The maximum Gasteiger partial charge on any atom is 0.0467 e. The summed E-state index contributed by atoms with van der Waals surface area (Å²) in [5, 5.41) is 3.54. The third-order valence-electron chi connectivity index (χ3n) is 3.66. The molecule has 0 unspecified atom stereocenters. The zero-order valence-electron chi connectivity index (χ0n) is 11.1. The third kappa shape index (κ3) is 4.81. The van der Waals surface area contributed by atoms with Gasteiger partial charge in [0.15, 0.2) is 0 Å². The number of hydrogen-bond donors (Lipinski definition) is 2. The molecular formula is C13H28N2O. The molecule has 0 aromatic carbocycles. The van der Waals surface area contributed by atoms with Crippen molar-refractivity contribution in [2.24, 2.45) is 11.1 Å². The van der Waals surface area contributed by atoms with Crippen LogP contribution < -0.4 is 11.1 Å². The fourth-order valence-corrected chi connectivity index (χ4v) is 2.37. The lowest BCUT2D eigenvalue weighted by Crippen LogP contribution is -2.48. The average Bonchev–Trinajstić information content (AvgIpc) is 2.62. The standard InChI is InChI=1S/C13H28N2O/c1-12(2,8-9-16-3)10-15-11-13(14)6-4-5-7-13/h15H,4-11,14H2,1-3H3. The van der Waals surface area contributed by atoms with Crippen LogP contribution >= 0.6 is 0 Å².